The number of benzene rings is 2. The Labute approximate surface area is 152 Å². The highest BCUT2D eigenvalue weighted by atomic mass is 16.5. The molecule has 0 atom stereocenters. The van der Waals surface area contributed by atoms with Gasteiger partial charge in [0.25, 0.3) is 0 Å². The molecule has 1 aliphatic rings. The molecule has 0 aliphatic carbocycles. The lowest BCUT2D eigenvalue weighted by molar-refractivity contribution is -0.843. The van der Waals surface area contributed by atoms with E-state index in [4.69, 9.17) is 14.5 Å². The SMILES string of the molecule is CCOc1ccc(Nc2nc([NH+]3CCOCC3)c3ccccc3n2)cc1. The zero-order chi connectivity index (χ0) is 17.8. The molecule has 1 saturated heterocycles. The molecule has 0 amide bonds. The predicted octanol–water partition coefficient (Wildman–Crippen LogP) is 2.32. The molecule has 0 saturated carbocycles. The minimum atomic E-state index is 0.613. The zero-order valence-electron chi connectivity index (χ0n) is 14.9. The number of nitrogens with one attached hydrogen (secondary N) is 2. The molecule has 0 bridgehead atoms. The molecule has 0 radical (unpaired) electrons. The van der Waals surface area contributed by atoms with E-state index in [0.29, 0.717) is 12.6 Å². The topological polar surface area (TPSA) is 60.7 Å². The Balaban J connectivity index is 1.66. The van der Waals surface area contributed by atoms with Gasteiger partial charge in [-0.25, -0.2) is 4.98 Å². The number of morpholine rings is 1. The van der Waals surface area contributed by atoms with Crippen LogP contribution in [0.25, 0.3) is 10.9 Å². The number of quaternary nitrogens is 1. The van der Waals surface area contributed by atoms with Gasteiger partial charge >= 0.3 is 0 Å². The Morgan fingerprint density at radius 3 is 2.58 bits per heavy atom. The van der Waals surface area contributed by atoms with Gasteiger partial charge in [-0.3, -0.25) is 4.90 Å². The number of para-hydroxylation sites is 1. The van der Waals surface area contributed by atoms with E-state index < -0.39 is 0 Å². The number of nitrogens with zero attached hydrogens (tertiary/aromatic N) is 2. The van der Waals surface area contributed by atoms with Crippen molar-refractivity contribution in [2.75, 3.05) is 38.2 Å². The van der Waals surface area contributed by atoms with Gasteiger partial charge in [-0.05, 0) is 43.3 Å². The first-order valence-corrected chi connectivity index (χ1v) is 9.03. The van der Waals surface area contributed by atoms with E-state index in [1.165, 1.54) is 4.90 Å². The lowest BCUT2D eigenvalue weighted by Gasteiger charge is -2.23. The summed E-state index contributed by atoms with van der Waals surface area (Å²) in [6, 6.07) is 16.0. The van der Waals surface area contributed by atoms with Crippen LogP contribution in [0.5, 0.6) is 5.75 Å². The van der Waals surface area contributed by atoms with Crippen LogP contribution in [0.3, 0.4) is 0 Å². The molecule has 1 fully saturated rings. The van der Waals surface area contributed by atoms with Crippen LogP contribution in [0.4, 0.5) is 17.5 Å². The minimum Gasteiger partial charge on any atom is -0.494 e. The second kappa shape index (κ2) is 7.68. The maximum Gasteiger partial charge on any atom is 0.238 e. The number of fused-ring (bicyclic) bond motifs is 1. The summed E-state index contributed by atoms with van der Waals surface area (Å²) in [5, 5.41) is 4.42. The average molecular weight is 351 g/mol. The average Bonchev–Trinajstić information content (AvgIpc) is 2.70. The highest BCUT2D eigenvalue weighted by Gasteiger charge is 2.22. The van der Waals surface area contributed by atoms with Crippen molar-refractivity contribution in [1.29, 1.82) is 0 Å². The Morgan fingerprint density at radius 1 is 1.04 bits per heavy atom. The molecule has 2 N–H and O–H groups in total. The molecule has 134 valence electrons. The first kappa shape index (κ1) is 16.8. The molecule has 0 unspecified atom stereocenters. The molecule has 4 rings (SSSR count). The third kappa shape index (κ3) is 3.61. The second-order valence-corrected chi connectivity index (χ2v) is 6.21. The fraction of sp³-hybridized carbons (Fsp3) is 0.300. The highest BCUT2D eigenvalue weighted by Crippen LogP contribution is 2.23. The Hall–Kier alpha value is -2.70. The van der Waals surface area contributed by atoms with Crippen LogP contribution in [0.15, 0.2) is 48.5 Å². The van der Waals surface area contributed by atoms with Gasteiger partial charge in [-0.1, -0.05) is 12.1 Å². The molecule has 2 heterocycles. The molecule has 6 heteroatoms. The van der Waals surface area contributed by atoms with E-state index in [2.05, 4.69) is 16.4 Å². The molecule has 0 spiro atoms. The van der Waals surface area contributed by atoms with E-state index in [0.717, 1.165) is 54.5 Å². The summed E-state index contributed by atoms with van der Waals surface area (Å²) in [5.41, 5.74) is 1.89. The molecule has 3 aromatic rings. The van der Waals surface area contributed by atoms with Crippen molar-refractivity contribution in [3.05, 3.63) is 48.5 Å². The molecule has 26 heavy (non-hydrogen) atoms. The van der Waals surface area contributed by atoms with Gasteiger partial charge in [0.05, 0.1) is 30.7 Å². The van der Waals surface area contributed by atoms with Crippen LogP contribution in [0.2, 0.25) is 0 Å². The lowest BCUT2D eigenvalue weighted by Crippen LogP contribution is -3.09. The maximum absolute atomic E-state index is 5.50. The molecular formula is C20H23N4O2+. The summed E-state index contributed by atoms with van der Waals surface area (Å²) in [7, 11) is 0. The summed E-state index contributed by atoms with van der Waals surface area (Å²) in [6.07, 6.45) is 0. The van der Waals surface area contributed by atoms with Crippen molar-refractivity contribution >= 4 is 28.4 Å². The van der Waals surface area contributed by atoms with Crippen molar-refractivity contribution in [3.8, 4) is 5.75 Å². The van der Waals surface area contributed by atoms with Gasteiger partial charge in [-0.15, -0.1) is 0 Å². The van der Waals surface area contributed by atoms with E-state index in [-0.39, 0.29) is 0 Å². The Kier molecular flexibility index (Phi) is 4.95. The Bertz CT molecular complexity index is 877. The molecule has 1 aromatic heterocycles. The van der Waals surface area contributed by atoms with Crippen LogP contribution < -0.4 is 15.0 Å². The number of ether oxygens (including phenoxy) is 2. The van der Waals surface area contributed by atoms with E-state index in [1.807, 2.05) is 49.4 Å². The third-order valence-electron chi connectivity index (χ3n) is 4.46. The second-order valence-electron chi connectivity index (χ2n) is 6.21. The first-order chi connectivity index (χ1) is 12.8. The monoisotopic (exact) mass is 351 g/mol. The van der Waals surface area contributed by atoms with Crippen molar-refractivity contribution in [2.24, 2.45) is 0 Å². The largest absolute Gasteiger partial charge is 0.494 e. The minimum absolute atomic E-state index is 0.613. The van der Waals surface area contributed by atoms with Crippen LogP contribution >= 0.6 is 0 Å². The van der Waals surface area contributed by atoms with Gasteiger partial charge in [0.1, 0.15) is 18.8 Å². The molecule has 6 nitrogen and oxygen atoms in total. The van der Waals surface area contributed by atoms with Crippen LogP contribution in [0, 0.1) is 0 Å². The van der Waals surface area contributed by atoms with Gasteiger partial charge in [0.15, 0.2) is 0 Å². The number of hydrogen-bond donors (Lipinski definition) is 2. The summed E-state index contributed by atoms with van der Waals surface area (Å²) in [5.74, 6) is 2.50. The summed E-state index contributed by atoms with van der Waals surface area (Å²) in [6.45, 7) is 5.99. The van der Waals surface area contributed by atoms with E-state index in [1.54, 1.807) is 0 Å². The Morgan fingerprint density at radius 2 is 1.81 bits per heavy atom. The van der Waals surface area contributed by atoms with Gasteiger partial charge in [-0.2, -0.15) is 4.98 Å². The summed E-state index contributed by atoms with van der Waals surface area (Å²) >= 11 is 0. The van der Waals surface area contributed by atoms with Gasteiger partial charge in [0, 0.05) is 5.69 Å². The van der Waals surface area contributed by atoms with Crippen molar-refractivity contribution in [2.45, 2.75) is 6.92 Å². The number of aromatic nitrogens is 2. The molecule has 2 aromatic carbocycles. The summed E-state index contributed by atoms with van der Waals surface area (Å²) < 4.78 is 11.0. The lowest BCUT2D eigenvalue weighted by atomic mass is 10.2. The fourth-order valence-corrected chi connectivity index (χ4v) is 3.19. The van der Waals surface area contributed by atoms with Crippen LogP contribution in [0.1, 0.15) is 6.92 Å². The molecular weight excluding hydrogens is 328 g/mol. The summed E-state index contributed by atoms with van der Waals surface area (Å²) in [4.78, 5) is 10.9. The quantitative estimate of drug-likeness (QED) is 0.739. The van der Waals surface area contributed by atoms with E-state index in [9.17, 15) is 0 Å². The van der Waals surface area contributed by atoms with Crippen LogP contribution in [-0.2, 0) is 4.74 Å². The molecule has 1 aliphatic heterocycles. The van der Waals surface area contributed by atoms with Crippen molar-refractivity contribution in [1.82, 2.24) is 9.97 Å². The van der Waals surface area contributed by atoms with Gasteiger partial charge < -0.3 is 14.8 Å². The smallest absolute Gasteiger partial charge is 0.238 e. The van der Waals surface area contributed by atoms with Gasteiger partial charge in [0.2, 0.25) is 11.8 Å². The normalized spacial score (nSPS) is 15.1. The van der Waals surface area contributed by atoms with Crippen LogP contribution in [-0.4, -0.2) is 42.9 Å². The van der Waals surface area contributed by atoms with E-state index >= 15 is 0 Å². The number of anilines is 2. The highest BCUT2D eigenvalue weighted by molar-refractivity contribution is 5.87. The van der Waals surface area contributed by atoms with Crippen molar-refractivity contribution < 1.29 is 14.4 Å². The third-order valence-corrected chi connectivity index (χ3v) is 4.46. The standard InChI is InChI=1S/C20H22N4O2/c1-2-26-16-9-7-15(8-10-16)21-20-22-18-6-4-3-5-17(18)19(23-20)24-11-13-25-14-12-24/h3-10H,2,11-14H2,1H3,(H,21,22,23)/p+1. The number of rotatable bonds is 5. The van der Waals surface area contributed by atoms with Crippen molar-refractivity contribution in [3.63, 3.8) is 0 Å². The number of hydrogen-bond acceptors (Lipinski definition) is 5. The maximum atomic E-state index is 5.50. The predicted molar refractivity (Wildman–Crippen MR) is 102 cm³/mol. The fourth-order valence-electron chi connectivity index (χ4n) is 3.19. The zero-order valence-corrected chi connectivity index (χ0v) is 14.9. The first-order valence-electron chi connectivity index (χ1n) is 9.03.